The molecule has 0 fully saturated rings. The summed E-state index contributed by atoms with van der Waals surface area (Å²) in [7, 11) is -3.20. The summed E-state index contributed by atoms with van der Waals surface area (Å²) in [6.07, 6.45) is 1.79. The van der Waals surface area contributed by atoms with Crippen LogP contribution in [0.1, 0.15) is 29.8 Å². The van der Waals surface area contributed by atoms with Crippen molar-refractivity contribution in [1.82, 2.24) is 19.4 Å². The topological polar surface area (TPSA) is 67.2 Å². The zero-order valence-corrected chi connectivity index (χ0v) is 15.0. The summed E-state index contributed by atoms with van der Waals surface area (Å²) < 4.78 is 28.2. The van der Waals surface area contributed by atoms with Gasteiger partial charge >= 0.3 is 0 Å². The molecule has 0 saturated carbocycles. The van der Waals surface area contributed by atoms with Gasteiger partial charge in [0.15, 0.2) is 0 Å². The van der Waals surface area contributed by atoms with Crippen molar-refractivity contribution < 1.29 is 8.42 Å². The summed E-state index contributed by atoms with van der Waals surface area (Å²) in [6.45, 7) is 6.59. The molecule has 0 amide bonds. The van der Waals surface area contributed by atoms with Crippen molar-refractivity contribution in [3.8, 4) is 0 Å². The van der Waals surface area contributed by atoms with Crippen LogP contribution in [-0.4, -0.2) is 41.9 Å². The highest BCUT2D eigenvalue weighted by molar-refractivity contribution is 7.89. The molecule has 24 heavy (non-hydrogen) atoms. The third-order valence-electron chi connectivity index (χ3n) is 4.53. The fourth-order valence-corrected chi connectivity index (χ4v) is 3.74. The van der Waals surface area contributed by atoms with Gasteiger partial charge in [0.1, 0.15) is 0 Å². The summed E-state index contributed by atoms with van der Waals surface area (Å²) in [5, 5.41) is 4.38. The van der Waals surface area contributed by atoms with E-state index in [2.05, 4.69) is 39.8 Å². The van der Waals surface area contributed by atoms with Crippen molar-refractivity contribution in [3.63, 3.8) is 0 Å². The Balaban J connectivity index is 1.75. The van der Waals surface area contributed by atoms with Gasteiger partial charge in [-0.05, 0) is 31.0 Å². The molecule has 3 rings (SSSR count). The lowest BCUT2D eigenvalue weighted by molar-refractivity contribution is 0.167. The molecule has 0 bridgehead atoms. The van der Waals surface area contributed by atoms with Crippen molar-refractivity contribution >= 4 is 10.0 Å². The van der Waals surface area contributed by atoms with Crippen LogP contribution in [0.3, 0.4) is 0 Å². The second kappa shape index (κ2) is 7.04. The van der Waals surface area contributed by atoms with E-state index in [-0.39, 0.29) is 11.8 Å². The fraction of sp³-hybridized carbons (Fsp3) is 0.471. The number of hydrogen-bond donors (Lipinski definition) is 1. The molecule has 1 N–H and O–H groups in total. The monoisotopic (exact) mass is 348 g/mol. The van der Waals surface area contributed by atoms with E-state index in [1.54, 1.807) is 13.1 Å². The van der Waals surface area contributed by atoms with Gasteiger partial charge in [0.2, 0.25) is 10.0 Å². The van der Waals surface area contributed by atoms with E-state index in [1.165, 1.54) is 11.1 Å². The third kappa shape index (κ3) is 3.85. The molecule has 1 aromatic heterocycles. The van der Waals surface area contributed by atoms with Gasteiger partial charge in [-0.15, -0.1) is 0 Å². The Hall–Kier alpha value is -1.70. The Morgan fingerprint density at radius 3 is 2.83 bits per heavy atom. The summed E-state index contributed by atoms with van der Waals surface area (Å²) in [5.41, 5.74) is 3.70. The van der Waals surface area contributed by atoms with Crippen molar-refractivity contribution in [3.05, 3.63) is 53.3 Å². The van der Waals surface area contributed by atoms with Crippen LogP contribution in [-0.2, 0) is 23.1 Å². The first kappa shape index (κ1) is 17.1. The van der Waals surface area contributed by atoms with Crippen LogP contribution in [0.2, 0.25) is 0 Å². The third-order valence-corrected chi connectivity index (χ3v) is 5.89. The smallest absolute Gasteiger partial charge is 0.211 e. The summed E-state index contributed by atoms with van der Waals surface area (Å²) >= 11 is 0. The lowest BCUT2D eigenvalue weighted by Gasteiger charge is -2.34. The zero-order valence-electron chi connectivity index (χ0n) is 14.1. The molecule has 7 heteroatoms. The molecule has 0 aliphatic carbocycles. The van der Waals surface area contributed by atoms with Crippen LogP contribution >= 0.6 is 0 Å². The molecule has 0 saturated heterocycles. The van der Waals surface area contributed by atoms with Crippen molar-refractivity contribution in [2.45, 2.75) is 33.0 Å². The maximum Gasteiger partial charge on any atom is 0.211 e. The lowest BCUT2D eigenvalue weighted by Crippen LogP contribution is -2.43. The van der Waals surface area contributed by atoms with E-state index in [0.29, 0.717) is 6.54 Å². The molecule has 1 aromatic carbocycles. The molecule has 0 unspecified atom stereocenters. The van der Waals surface area contributed by atoms with Crippen LogP contribution in [0.15, 0.2) is 36.5 Å². The second-order valence-electron chi connectivity index (χ2n) is 6.27. The standard InChI is InChI=1S/C17H24N4O2S/c1-3-24(22,23)19-10-17-13-20(12-16-8-9-18-21(16)17)11-15-7-5-4-6-14(15)2/h4-9,17,19H,3,10-13H2,1-2H3/t17-/m1/s1. The fourth-order valence-electron chi connectivity index (χ4n) is 3.09. The first-order valence-corrected chi connectivity index (χ1v) is 9.90. The minimum atomic E-state index is -3.20. The molecular formula is C17H24N4O2S. The van der Waals surface area contributed by atoms with E-state index in [1.807, 2.05) is 16.8 Å². The SMILES string of the molecule is CCS(=O)(=O)NC[C@@H]1CN(Cc2ccccc2C)Cc2ccnn21. The highest BCUT2D eigenvalue weighted by atomic mass is 32.2. The van der Waals surface area contributed by atoms with Gasteiger partial charge in [-0.25, -0.2) is 13.1 Å². The Bertz CT molecular complexity index is 800. The van der Waals surface area contributed by atoms with Gasteiger partial charge in [0.25, 0.3) is 0 Å². The van der Waals surface area contributed by atoms with Gasteiger partial charge in [-0.3, -0.25) is 9.58 Å². The highest BCUT2D eigenvalue weighted by Crippen LogP contribution is 2.22. The summed E-state index contributed by atoms with van der Waals surface area (Å²) in [4.78, 5) is 2.35. The number of fused-ring (bicyclic) bond motifs is 1. The average molecular weight is 348 g/mol. The van der Waals surface area contributed by atoms with Gasteiger partial charge in [0, 0.05) is 32.4 Å². The van der Waals surface area contributed by atoms with Crippen molar-refractivity contribution in [1.29, 1.82) is 0 Å². The molecule has 2 aromatic rings. The van der Waals surface area contributed by atoms with Crippen LogP contribution < -0.4 is 4.72 Å². The Morgan fingerprint density at radius 2 is 2.08 bits per heavy atom. The van der Waals surface area contributed by atoms with Crippen molar-refractivity contribution in [2.75, 3.05) is 18.8 Å². The minimum absolute atomic E-state index is 0.00842. The molecule has 1 aliphatic heterocycles. The zero-order chi connectivity index (χ0) is 17.2. The van der Waals surface area contributed by atoms with Gasteiger partial charge in [-0.1, -0.05) is 24.3 Å². The highest BCUT2D eigenvalue weighted by Gasteiger charge is 2.26. The first-order chi connectivity index (χ1) is 11.5. The summed E-state index contributed by atoms with van der Waals surface area (Å²) in [6, 6.07) is 10.4. The molecule has 130 valence electrons. The Kier molecular flexibility index (Phi) is 5.03. The Labute approximate surface area is 143 Å². The second-order valence-corrected chi connectivity index (χ2v) is 8.36. The number of sulfonamides is 1. The van der Waals surface area contributed by atoms with Crippen LogP contribution in [0.5, 0.6) is 0 Å². The van der Waals surface area contributed by atoms with E-state index < -0.39 is 10.0 Å². The quantitative estimate of drug-likeness (QED) is 0.863. The van der Waals surface area contributed by atoms with E-state index >= 15 is 0 Å². The van der Waals surface area contributed by atoms with Gasteiger partial charge in [-0.2, -0.15) is 5.10 Å². The predicted molar refractivity (Wildman–Crippen MR) is 94.0 cm³/mol. The molecule has 1 aliphatic rings. The molecule has 1 atom stereocenters. The maximum atomic E-state index is 11.8. The number of rotatable bonds is 6. The molecular weight excluding hydrogens is 324 g/mol. The minimum Gasteiger partial charge on any atom is -0.291 e. The average Bonchev–Trinajstić information content (AvgIpc) is 3.03. The van der Waals surface area contributed by atoms with E-state index in [9.17, 15) is 8.42 Å². The van der Waals surface area contributed by atoms with E-state index in [4.69, 9.17) is 0 Å². The van der Waals surface area contributed by atoms with Crippen LogP contribution in [0, 0.1) is 6.92 Å². The number of aromatic nitrogens is 2. The van der Waals surface area contributed by atoms with Gasteiger partial charge in [0.05, 0.1) is 17.5 Å². The van der Waals surface area contributed by atoms with Gasteiger partial charge < -0.3 is 0 Å². The molecule has 0 radical (unpaired) electrons. The number of nitrogens with zero attached hydrogens (tertiary/aromatic N) is 3. The summed E-state index contributed by atoms with van der Waals surface area (Å²) in [5.74, 6) is 0.0958. The lowest BCUT2D eigenvalue weighted by atomic mass is 10.1. The number of hydrogen-bond acceptors (Lipinski definition) is 4. The normalized spacial score (nSPS) is 18.5. The Morgan fingerprint density at radius 1 is 1.29 bits per heavy atom. The molecule has 2 heterocycles. The van der Waals surface area contributed by atoms with Crippen molar-refractivity contribution in [2.24, 2.45) is 0 Å². The number of benzene rings is 1. The molecule has 6 nitrogen and oxygen atoms in total. The van der Waals surface area contributed by atoms with E-state index in [0.717, 1.165) is 25.3 Å². The molecule has 0 spiro atoms. The maximum absolute atomic E-state index is 11.8. The largest absolute Gasteiger partial charge is 0.291 e. The first-order valence-electron chi connectivity index (χ1n) is 8.25. The predicted octanol–water partition coefficient (Wildman–Crippen LogP) is 1.69. The van der Waals surface area contributed by atoms with Crippen LogP contribution in [0.25, 0.3) is 0 Å². The number of aryl methyl sites for hydroxylation is 1. The van der Waals surface area contributed by atoms with Crippen LogP contribution in [0.4, 0.5) is 0 Å². The number of nitrogens with one attached hydrogen (secondary N) is 1.